The lowest BCUT2D eigenvalue weighted by atomic mass is 10.1. The molecule has 0 amide bonds. The molecule has 2 aromatic rings. The number of rotatable bonds is 6. The van der Waals surface area contributed by atoms with Gasteiger partial charge in [-0.15, -0.1) is 0 Å². The maximum Gasteiger partial charge on any atom is 0.148 e. The van der Waals surface area contributed by atoms with Crippen LogP contribution in [0.15, 0.2) is 30.3 Å². The second kappa shape index (κ2) is 6.41. The van der Waals surface area contributed by atoms with Gasteiger partial charge in [-0.2, -0.15) is 5.10 Å². The minimum absolute atomic E-state index is 0.619. The summed E-state index contributed by atoms with van der Waals surface area (Å²) in [5.41, 5.74) is 3.64. The van der Waals surface area contributed by atoms with E-state index in [1.165, 1.54) is 17.5 Å². The van der Waals surface area contributed by atoms with E-state index in [-0.39, 0.29) is 0 Å². The second-order valence-electron chi connectivity index (χ2n) is 5.39. The van der Waals surface area contributed by atoms with Crippen LogP contribution in [0, 0.1) is 5.92 Å². The predicted octanol–water partition coefficient (Wildman–Crippen LogP) is 4.10. The van der Waals surface area contributed by atoms with Gasteiger partial charge in [0.25, 0.3) is 0 Å². The fourth-order valence-electron chi connectivity index (χ4n) is 2.01. The third kappa shape index (κ3) is 3.85. The highest BCUT2D eigenvalue weighted by atomic mass is 15.2. The van der Waals surface area contributed by atoms with Crippen LogP contribution in [0.4, 0.5) is 5.82 Å². The third-order valence-corrected chi connectivity index (χ3v) is 3.07. The molecule has 0 saturated heterocycles. The van der Waals surface area contributed by atoms with Crippen LogP contribution in [0.1, 0.15) is 32.8 Å². The first-order valence-electron chi connectivity index (χ1n) is 7.07. The molecule has 19 heavy (non-hydrogen) atoms. The number of aromatic nitrogens is 2. The standard InChI is InChI=1S/C16H23N3/c1-4-5-13-6-8-14(9-7-13)15-10-16(19-18-15)17-11-12(2)3/h6-10,12H,4-5,11H2,1-3H3,(H2,17,18,19). The number of benzene rings is 1. The summed E-state index contributed by atoms with van der Waals surface area (Å²) in [7, 11) is 0. The van der Waals surface area contributed by atoms with Crippen LogP contribution in [-0.4, -0.2) is 16.7 Å². The van der Waals surface area contributed by atoms with Gasteiger partial charge in [-0.3, -0.25) is 5.10 Å². The van der Waals surface area contributed by atoms with Crippen molar-refractivity contribution in [3.8, 4) is 11.3 Å². The zero-order chi connectivity index (χ0) is 13.7. The maximum absolute atomic E-state index is 4.29. The van der Waals surface area contributed by atoms with Gasteiger partial charge in [0.05, 0.1) is 5.69 Å². The van der Waals surface area contributed by atoms with Crippen molar-refractivity contribution in [2.75, 3.05) is 11.9 Å². The molecule has 0 saturated carbocycles. The van der Waals surface area contributed by atoms with Gasteiger partial charge in [0.2, 0.25) is 0 Å². The van der Waals surface area contributed by atoms with E-state index in [2.05, 4.69) is 66.6 Å². The number of hydrogen-bond acceptors (Lipinski definition) is 2. The number of H-pyrrole nitrogens is 1. The summed E-state index contributed by atoms with van der Waals surface area (Å²) in [6.07, 6.45) is 2.33. The monoisotopic (exact) mass is 257 g/mol. The molecular weight excluding hydrogens is 234 g/mol. The second-order valence-corrected chi connectivity index (χ2v) is 5.39. The largest absolute Gasteiger partial charge is 0.368 e. The Bertz CT molecular complexity index is 497. The predicted molar refractivity (Wildman–Crippen MR) is 81.3 cm³/mol. The highest BCUT2D eigenvalue weighted by molar-refractivity contribution is 5.62. The van der Waals surface area contributed by atoms with Crippen molar-refractivity contribution < 1.29 is 0 Å². The number of nitrogens with zero attached hydrogens (tertiary/aromatic N) is 1. The van der Waals surface area contributed by atoms with E-state index < -0.39 is 0 Å². The fourth-order valence-corrected chi connectivity index (χ4v) is 2.01. The van der Waals surface area contributed by atoms with Crippen LogP contribution in [0.2, 0.25) is 0 Å². The first kappa shape index (κ1) is 13.7. The molecule has 0 aliphatic heterocycles. The Kier molecular flexibility index (Phi) is 4.61. The maximum atomic E-state index is 4.29. The molecule has 0 radical (unpaired) electrons. The molecular formula is C16H23N3. The molecule has 0 atom stereocenters. The molecule has 102 valence electrons. The van der Waals surface area contributed by atoms with Gasteiger partial charge >= 0.3 is 0 Å². The lowest BCUT2D eigenvalue weighted by molar-refractivity contribution is 0.687. The molecule has 3 nitrogen and oxygen atoms in total. The molecule has 0 unspecified atom stereocenters. The molecule has 0 fully saturated rings. The molecule has 0 aliphatic rings. The first-order valence-corrected chi connectivity index (χ1v) is 7.07. The van der Waals surface area contributed by atoms with Crippen molar-refractivity contribution in [3.63, 3.8) is 0 Å². The van der Waals surface area contributed by atoms with Gasteiger partial charge < -0.3 is 5.32 Å². The summed E-state index contributed by atoms with van der Waals surface area (Å²) in [5, 5.41) is 10.7. The normalized spacial score (nSPS) is 10.9. The molecule has 2 N–H and O–H groups in total. The highest BCUT2D eigenvalue weighted by Crippen LogP contribution is 2.20. The number of anilines is 1. The highest BCUT2D eigenvalue weighted by Gasteiger charge is 2.04. The number of nitrogens with one attached hydrogen (secondary N) is 2. The van der Waals surface area contributed by atoms with E-state index in [1.54, 1.807) is 0 Å². The third-order valence-electron chi connectivity index (χ3n) is 3.07. The van der Waals surface area contributed by atoms with Gasteiger partial charge in [-0.1, -0.05) is 51.5 Å². The zero-order valence-corrected chi connectivity index (χ0v) is 12.0. The molecule has 0 spiro atoms. The van der Waals surface area contributed by atoms with Gasteiger partial charge in [-0.05, 0) is 23.5 Å². The summed E-state index contributed by atoms with van der Waals surface area (Å²) in [4.78, 5) is 0. The summed E-state index contributed by atoms with van der Waals surface area (Å²) in [6, 6.07) is 10.8. The molecule has 0 bridgehead atoms. The Hall–Kier alpha value is -1.77. The summed E-state index contributed by atoms with van der Waals surface area (Å²) < 4.78 is 0. The summed E-state index contributed by atoms with van der Waals surface area (Å²) >= 11 is 0. The average Bonchev–Trinajstić information content (AvgIpc) is 2.86. The summed E-state index contributed by atoms with van der Waals surface area (Å²) in [6.45, 7) is 7.52. The Balaban J connectivity index is 2.05. The van der Waals surface area contributed by atoms with Gasteiger partial charge in [-0.25, -0.2) is 0 Å². The Morgan fingerprint density at radius 1 is 1.21 bits per heavy atom. The van der Waals surface area contributed by atoms with E-state index in [4.69, 9.17) is 0 Å². The first-order chi connectivity index (χ1) is 9.19. The van der Waals surface area contributed by atoms with Crippen molar-refractivity contribution in [1.82, 2.24) is 10.2 Å². The SMILES string of the molecule is CCCc1ccc(-c2cc(NCC(C)C)n[nH]2)cc1. The van der Waals surface area contributed by atoms with Crippen LogP contribution in [0.5, 0.6) is 0 Å². The molecule has 1 heterocycles. The summed E-state index contributed by atoms with van der Waals surface area (Å²) in [5.74, 6) is 1.54. The van der Waals surface area contributed by atoms with Crippen LogP contribution in [0.25, 0.3) is 11.3 Å². The van der Waals surface area contributed by atoms with Crippen molar-refractivity contribution in [3.05, 3.63) is 35.9 Å². The number of aromatic amines is 1. The van der Waals surface area contributed by atoms with E-state index >= 15 is 0 Å². The quantitative estimate of drug-likeness (QED) is 0.818. The lowest BCUT2D eigenvalue weighted by Crippen LogP contribution is -2.07. The fraction of sp³-hybridized carbons (Fsp3) is 0.438. The van der Waals surface area contributed by atoms with Gasteiger partial charge in [0, 0.05) is 12.6 Å². The van der Waals surface area contributed by atoms with Crippen LogP contribution in [0.3, 0.4) is 0 Å². The van der Waals surface area contributed by atoms with Crippen molar-refractivity contribution in [1.29, 1.82) is 0 Å². The minimum atomic E-state index is 0.619. The van der Waals surface area contributed by atoms with Crippen LogP contribution < -0.4 is 5.32 Å². The van der Waals surface area contributed by atoms with Gasteiger partial charge in [0.1, 0.15) is 5.82 Å². The van der Waals surface area contributed by atoms with E-state index in [1.807, 2.05) is 0 Å². The van der Waals surface area contributed by atoms with Crippen LogP contribution >= 0.6 is 0 Å². The lowest BCUT2D eigenvalue weighted by Gasteiger charge is -2.04. The van der Waals surface area contributed by atoms with E-state index in [9.17, 15) is 0 Å². The Labute approximate surface area is 115 Å². The van der Waals surface area contributed by atoms with E-state index in [0.717, 1.165) is 24.5 Å². The number of hydrogen-bond donors (Lipinski definition) is 2. The molecule has 1 aromatic heterocycles. The molecule has 3 heteroatoms. The Morgan fingerprint density at radius 3 is 2.58 bits per heavy atom. The van der Waals surface area contributed by atoms with Crippen LogP contribution in [-0.2, 0) is 6.42 Å². The topological polar surface area (TPSA) is 40.7 Å². The van der Waals surface area contributed by atoms with Crippen molar-refractivity contribution >= 4 is 5.82 Å². The zero-order valence-electron chi connectivity index (χ0n) is 12.0. The van der Waals surface area contributed by atoms with Crippen molar-refractivity contribution in [2.45, 2.75) is 33.6 Å². The van der Waals surface area contributed by atoms with E-state index in [0.29, 0.717) is 5.92 Å². The average molecular weight is 257 g/mol. The molecule has 2 rings (SSSR count). The van der Waals surface area contributed by atoms with Crippen molar-refractivity contribution in [2.24, 2.45) is 5.92 Å². The minimum Gasteiger partial charge on any atom is -0.368 e. The van der Waals surface area contributed by atoms with Gasteiger partial charge in [0.15, 0.2) is 0 Å². The number of aryl methyl sites for hydroxylation is 1. The molecule has 0 aliphatic carbocycles. The Morgan fingerprint density at radius 2 is 1.95 bits per heavy atom. The molecule has 1 aromatic carbocycles. The smallest absolute Gasteiger partial charge is 0.148 e.